The Morgan fingerprint density at radius 1 is 1.00 bits per heavy atom. The summed E-state index contributed by atoms with van der Waals surface area (Å²) in [5, 5.41) is 1.10. The Balaban J connectivity index is 1.77. The van der Waals surface area contributed by atoms with Crippen LogP contribution in [0.2, 0.25) is 0 Å². The van der Waals surface area contributed by atoms with Gasteiger partial charge in [0.15, 0.2) is 0 Å². The van der Waals surface area contributed by atoms with Crippen LogP contribution in [0.15, 0.2) is 66.7 Å². The number of benzene rings is 3. The first-order valence-corrected chi connectivity index (χ1v) is 13.3. The number of fused-ring (bicyclic) bond motifs is 1. The fourth-order valence-corrected chi connectivity index (χ4v) is 5.24. The van der Waals surface area contributed by atoms with Crippen LogP contribution in [0.4, 0.5) is 0 Å². The molecule has 0 spiro atoms. The van der Waals surface area contributed by atoms with Gasteiger partial charge in [-0.3, -0.25) is 0 Å². The van der Waals surface area contributed by atoms with Crippen molar-refractivity contribution in [2.24, 2.45) is 5.92 Å². The molecule has 192 valence electrons. The number of carbonyl (C=O) groups excluding carboxylic acids is 1. The van der Waals surface area contributed by atoms with Crippen LogP contribution < -0.4 is 4.74 Å². The first-order chi connectivity index (χ1) is 17.8. The van der Waals surface area contributed by atoms with E-state index in [-0.39, 0.29) is 11.4 Å². The van der Waals surface area contributed by atoms with Gasteiger partial charge >= 0.3 is 5.97 Å². The molecular formula is C33H37NO3. The van der Waals surface area contributed by atoms with Gasteiger partial charge in [0.05, 0.1) is 19.2 Å². The minimum absolute atomic E-state index is 0.0559. The average molecular weight is 496 g/mol. The van der Waals surface area contributed by atoms with E-state index in [2.05, 4.69) is 73.9 Å². The van der Waals surface area contributed by atoms with Crippen molar-refractivity contribution in [2.45, 2.75) is 58.9 Å². The molecule has 1 fully saturated rings. The Kier molecular flexibility index (Phi) is 6.85. The minimum atomic E-state index is -0.283. The summed E-state index contributed by atoms with van der Waals surface area (Å²) >= 11 is 0. The van der Waals surface area contributed by atoms with E-state index in [1.807, 2.05) is 25.1 Å². The van der Waals surface area contributed by atoms with Gasteiger partial charge in [-0.25, -0.2) is 4.79 Å². The van der Waals surface area contributed by atoms with Crippen LogP contribution in [-0.4, -0.2) is 24.3 Å². The molecule has 5 rings (SSSR count). The molecule has 0 bridgehead atoms. The van der Waals surface area contributed by atoms with Gasteiger partial charge in [-0.15, -0.1) is 0 Å². The smallest absolute Gasteiger partial charge is 0.355 e. The van der Waals surface area contributed by atoms with E-state index in [1.165, 1.54) is 24.0 Å². The van der Waals surface area contributed by atoms with Crippen molar-refractivity contribution in [1.82, 2.24) is 4.57 Å². The molecule has 4 aromatic rings. The molecule has 1 heterocycles. The molecule has 1 aliphatic rings. The third-order valence-electron chi connectivity index (χ3n) is 7.35. The van der Waals surface area contributed by atoms with Gasteiger partial charge in [0.2, 0.25) is 0 Å². The number of nitrogens with zero attached hydrogens (tertiary/aromatic N) is 1. The van der Waals surface area contributed by atoms with Crippen LogP contribution in [-0.2, 0) is 23.1 Å². The molecule has 0 N–H and O–H groups in total. The van der Waals surface area contributed by atoms with E-state index in [4.69, 9.17) is 9.47 Å². The van der Waals surface area contributed by atoms with Crippen LogP contribution >= 0.6 is 0 Å². The molecule has 4 heteroatoms. The number of para-hydroxylation sites is 1. The van der Waals surface area contributed by atoms with E-state index >= 15 is 0 Å². The lowest BCUT2D eigenvalue weighted by Gasteiger charge is -2.19. The molecule has 0 aliphatic heterocycles. The summed E-state index contributed by atoms with van der Waals surface area (Å²) in [7, 11) is 1.68. The van der Waals surface area contributed by atoms with Gasteiger partial charge in [-0.05, 0) is 71.9 Å². The topological polar surface area (TPSA) is 40.5 Å². The quantitative estimate of drug-likeness (QED) is 0.234. The number of aromatic nitrogens is 1. The van der Waals surface area contributed by atoms with Gasteiger partial charge in [0.1, 0.15) is 11.4 Å². The predicted octanol–water partition coefficient (Wildman–Crippen LogP) is 7.79. The van der Waals surface area contributed by atoms with E-state index in [0.29, 0.717) is 18.8 Å². The summed E-state index contributed by atoms with van der Waals surface area (Å²) in [5.41, 5.74) is 7.44. The fourth-order valence-electron chi connectivity index (χ4n) is 5.24. The summed E-state index contributed by atoms with van der Waals surface area (Å²) in [5.74, 6) is 1.25. The Morgan fingerprint density at radius 2 is 1.73 bits per heavy atom. The molecule has 37 heavy (non-hydrogen) atoms. The summed E-state index contributed by atoms with van der Waals surface area (Å²) in [6.45, 7) is 9.41. The van der Waals surface area contributed by atoms with Crippen LogP contribution in [0.25, 0.3) is 22.0 Å². The van der Waals surface area contributed by atoms with E-state index in [9.17, 15) is 4.79 Å². The second-order valence-electron chi connectivity index (χ2n) is 11.2. The average Bonchev–Trinajstić information content (AvgIpc) is 3.64. The van der Waals surface area contributed by atoms with Gasteiger partial charge in [0, 0.05) is 17.5 Å². The Morgan fingerprint density at radius 3 is 2.38 bits per heavy atom. The maximum atomic E-state index is 13.6. The zero-order chi connectivity index (χ0) is 26.2. The number of hydrogen-bond acceptors (Lipinski definition) is 3. The molecule has 1 saturated carbocycles. The van der Waals surface area contributed by atoms with Gasteiger partial charge in [0.25, 0.3) is 0 Å². The van der Waals surface area contributed by atoms with E-state index in [0.717, 1.165) is 45.7 Å². The Labute approximate surface area is 220 Å². The lowest BCUT2D eigenvalue weighted by molar-refractivity contribution is 0.0516. The molecule has 0 unspecified atom stereocenters. The molecule has 0 saturated heterocycles. The predicted molar refractivity (Wildman–Crippen MR) is 151 cm³/mol. The van der Waals surface area contributed by atoms with E-state index in [1.54, 1.807) is 7.11 Å². The number of ether oxygens (including phenoxy) is 2. The molecule has 0 atom stereocenters. The number of esters is 1. The first-order valence-electron chi connectivity index (χ1n) is 13.3. The fraction of sp³-hybridized carbons (Fsp3) is 0.364. The summed E-state index contributed by atoms with van der Waals surface area (Å²) in [6.07, 6.45) is 3.59. The number of rotatable bonds is 8. The molecule has 0 radical (unpaired) electrons. The van der Waals surface area contributed by atoms with Crippen LogP contribution in [0, 0.1) is 5.92 Å². The largest absolute Gasteiger partial charge is 0.497 e. The summed E-state index contributed by atoms with van der Waals surface area (Å²) in [4.78, 5) is 13.6. The van der Waals surface area contributed by atoms with Crippen molar-refractivity contribution >= 4 is 16.9 Å². The number of methoxy groups -OCH3 is 1. The highest BCUT2D eigenvalue weighted by Crippen LogP contribution is 2.41. The number of carbonyl (C=O) groups is 1. The van der Waals surface area contributed by atoms with Crippen molar-refractivity contribution < 1.29 is 14.3 Å². The molecular weight excluding hydrogens is 458 g/mol. The van der Waals surface area contributed by atoms with E-state index < -0.39 is 0 Å². The summed E-state index contributed by atoms with van der Waals surface area (Å²) in [6, 6.07) is 23.3. The highest BCUT2D eigenvalue weighted by atomic mass is 16.5. The summed E-state index contributed by atoms with van der Waals surface area (Å²) < 4.78 is 13.4. The second-order valence-corrected chi connectivity index (χ2v) is 11.2. The Hall–Kier alpha value is -3.53. The normalized spacial score (nSPS) is 13.6. The molecule has 1 aromatic heterocycles. The number of hydrogen-bond donors (Lipinski definition) is 0. The second kappa shape index (κ2) is 10.1. The van der Waals surface area contributed by atoms with Gasteiger partial charge in [-0.2, -0.15) is 0 Å². The van der Waals surface area contributed by atoms with Crippen LogP contribution in [0.5, 0.6) is 5.75 Å². The SMILES string of the molecule is CCOC(=O)c1c(-c2ccc(C(C)(C)C)cc2)c2cccc(CC3CC3)c2n1Cc1cccc(OC)c1. The third-order valence-corrected chi connectivity index (χ3v) is 7.35. The van der Waals surface area contributed by atoms with Gasteiger partial charge in [-0.1, -0.05) is 75.4 Å². The van der Waals surface area contributed by atoms with Crippen molar-refractivity contribution in [3.63, 3.8) is 0 Å². The van der Waals surface area contributed by atoms with Crippen molar-refractivity contribution in [2.75, 3.05) is 13.7 Å². The minimum Gasteiger partial charge on any atom is -0.497 e. The van der Waals surface area contributed by atoms with Crippen molar-refractivity contribution in [3.05, 3.63) is 89.1 Å². The zero-order valence-corrected chi connectivity index (χ0v) is 22.6. The molecule has 0 amide bonds. The van der Waals surface area contributed by atoms with Crippen LogP contribution in [0.1, 0.15) is 67.7 Å². The zero-order valence-electron chi connectivity index (χ0n) is 22.6. The lowest BCUT2D eigenvalue weighted by atomic mass is 9.86. The highest BCUT2D eigenvalue weighted by Gasteiger charge is 2.29. The van der Waals surface area contributed by atoms with Crippen LogP contribution in [0.3, 0.4) is 0 Å². The monoisotopic (exact) mass is 495 g/mol. The maximum absolute atomic E-state index is 13.6. The lowest BCUT2D eigenvalue weighted by Crippen LogP contribution is -2.15. The maximum Gasteiger partial charge on any atom is 0.355 e. The van der Waals surface area contributed by atoms with Gasteiger partial charge < -0.3 is 14.0 Å². The highest BCUT2D eigenvalue weighted by molar-refractivity contribution is 6.09. The van der Waals surface area contributed by atoms with Crippen molar-refractivity contribution in [1.29, 1.82) is 0 Å². The molecule has 3 aromatic carbocycles. The first kappa shape index (κ1) is 25.1. The third kappa shape index (κ3) is 5.16. The molecule has 4 nitrogen and oxygen atoms in total. The molecule has 1 aliphatic carbocycles. The van der Waals surface area contributed by atoms with Crippen molar-refractivity contribution in [3.8, 4) is 16.9 Å². The Bertz CT molecular complexity index is 1420. The standard InChI is InChI=1S/C33H37NO3/c1-6-37-32(35)31-29(24-15-17-26(18-16-24)33(2,3)4)28-12-8-10-25(19-22-13-14-22)30(28)34(31)21-23-9-7-11-27(20-23)36-5/h7-12,15-18,20,22H,6,13-14,19,21H2,1-5H3.